The van der Waals surface area contributed by atoms with E-state index in [2.05, 4.69) is 93.0 Å². The van der Waals surface area contributed by atoms with Crippen LogP contribution >= 0.6 is 0 Å². The average molecular weight is 584 g/mol. The van der Waals surface area contributed by atoms with Crippen LogP contribution in [0.3, 0.4) is 0 Å². The van der Waals surface area contributed by atoms with Gasteiger partial charge < -0.3 is 19.1 Å². The molecule has 2 aromatic carbocycles. The Labute approximate surface area is 257 Å². The number of likely N-dealkylation sites (tertiary alicyclic amines) is 1. The molecule has 7 nitrogen and oxygen atoms in total. The van der Waals surface area contributed by atoms with E-state index in [1.54, 1.807) is 0 Å². The van der Waals surface area contributed by atoms with Gasteiger partial charge in [-0.3, -0.25) is 4.79 Å². The molecule has 0 radical (unpaired) electrons. The fourth-order valence-electron chi connectivity index (χ4n) is 8.36. The van der Waals surface area contributed by atoms with Gasteiger partial charge in [0.05, 0.1) is 0 Å². The van der Waals surface area contributed by atoms with E-state index in [0.717, 1.165) is 83.0 Å². The number of hydrogen-bond donors (Lipinski definition) is 0. The average Bonchev–Trinajstić information content (AvgIpc) is 3.68. The Balaban J connectivity index is 1.23. The van der Waals surface area contributed by atoms with Crippen LogP contribution in [0.2, 0.25) is 0 Å². The second kappa shape index (κ2) is 13.2. The maximum Gasteiger partial charge on any atom is 0.305 e. The third-order valence-corrected chi connectivity index (χ3v) is 10.6. The van der Waals surface area contributed by atoms with Gasteiger partial charge in [-0.05, 0) is 75.7 Å². The van der Waals surface area contributed by atoms with Crippen LogP contribution in [0, 0.1) is 24.7 Å². The lowest BCUT2D eigenvalue weighted by Gasteiger charge is -2.51. The highest BCUT2D eigenvalue weighted by atomic mass is 16.5. The van der Waals surface area contributed by atoms with Gasteiger partial charge in [-0.15, -0.1) is 10.2 Å². The zero-order valence-corrected chi connectivity index (χ0v) is 26.3. The molecule has 43 heavy (non-hydrogen) atoms. The third-order valence-electron chi connectivity index (χ3n) is 10.6. The van der Waals surface area contributed by atoms with Crippen molar-refractivity contribution >= 4 is 11.7 Å². The number of aryl methyl sites for hydroxylation is 2. The number of benzene rings is 2. The van der Waals surface area contributed by atoms with Crippen LogP contribution in [-0.2, 0) is 27.9 Å². The van der Waals surface area contributed by atoms with Crippen molar-refractivity contribution in [2.75, 3.05) is 37.6 Å². The normalized spacial score (nSPS) is 23.2. The van der Waals surface area contributed by atoms with E-state index in [0.29, 0.717) is 12.3 Å². The van der Waals surface area contributed by atoms with Gasteiger partial charge in [0.2, 0.25) is 0 Å². The number of esters is 1. The second-order valence-electron chi connectivity index (χ2n) is 13.2. The van der Waals surface area contributed by atoms with Gasteiger partial charge in [-0.2, -0.15) is 0 Å². The van der Waals surface area contributed by atoms with Gasteiger partial charge in [-0.25, -0.2) is 0 Å². The van der Waals surface area contributed by atoms with Crippen LogP contribution in [-0.4, -0.2) is 64.5 Å². The van der Waals surface area contributed by atoms with Crippen molar-refractivity contribution in [1.29, 1.82) is 0 Å². The molecule has 6 rings (SSSR count). The SMILES string of the molecule is CCC(=O)O[C@H]1CCC[C@@H]1[C@](Cn1cnnc1CC)(c1ccccc1)C1CCN(CC2CN(c3ccc(C)cc3)C2)CC1. The monoisotopic (exact) mass is 583 g/mol. The van der Waals surface area contributed by atoms with Crippen LogP contribution in [0.15, 0.2) is 60.9 Å². The summed E-state index contributed by atoms with van der Waals surface area (Å²) >= 11 is 0. The predicted molar refractivity (Wildman–Crippen MR) is 171 cm³/mol. The third kappa shape index (κ3) is 6.24. The summed E-state index contributed by atoms with van der Waals surface area (Å²) in [5, 5.41) is 8.80. The molecule has 0 bridgehead atoms. The molecule has 0 spiro atoms. The summed E-state index contributed by atoms with van der Waals surface area (Å²) < 4.78 is 8.52. The summed E-state index contributed by atoms with van der Waals surface area (Å²) in [6.45, 7) is 12.8. The van der Waals surface area contributed by atoms with E-state index in [9.17, 15) is 4.79 Å². The summed E-state index contributed by atoms with van der Waals surface area (Å²) in [7, 11) is 0. The molecule has 0 N–H and O–H groups in total. The van der Waals surface area contributed by atoms with Crippen molar-refractivity contribution < 1.29 is 9.53 Å². The van der Waals surface area contributed by atoms with Gasteiger partial charge in [0.25, 0.3) is 0 Å². The predicted octanol–water partition coefficient (Wildman–Crippen LogP) is 6.06. The Bertz CT molecular complexity index is 1330. The fraction of sp³-hybridized carbons (Fsp3) is 0.583. The smallest absolute Gasteiger partial charge is 0.305 e. The Hall–Kier alpha value is -3.19. The fourth-order valence-corrected chi connectivity index (χ4v) is 8.36. The van der Waals surface area contributed by atoms with Gasteiger partial charge in [-0.1, -0.05) is 61.9 Å². The van der Waals surface area contributed by atoms with Crippen molar-refractivity contribution in [2.45, 2.75) is 83.8 Å². The zero-order valence-electron chi connectivity index (χ0n) is 26.3. The quantitative estimate of drug-likeness (QED) is 0.256. The number of anilines is 1. The molecule has 3 heterocycles. The van der Waals surface area contributed by atoms with Gasteiger partial charge in [0.1, 0.15) is 18.3 Å². The van der Waals surface area contributed by atoms with Crippen LogP contribution in [0.1, 0.15) is 69.3 Å². The lowest BCUT2D eigenvalue weighted by molar-refractivity contribution is -0.152. The number of aromatic nitrogens is 3. The molecular formula is C36H49N5O2. The first-order valence-electron chi connectivity index (χ1n) is 16.7. The van der Waals surface area contributed by atoms with E-state index in [1.807, 2.05) is 13.3 Å². The summed E-state index contributed by atoms with van der Waals surface area (Å²) in [4.78, 5) is 17.8. The van der Waals surface area contributed by atoms with Crippen molar-refractivity contribution in [2.24, 2.45) is 17.8 Å². The largest absolute Gasteiger partial charge is 0.462 e. The number of carbonyl (C=O) groups excluding carboxylic acids is 1. The van der Waals surface area contributed by atoms with Gasteiger partial charge in [0.15, 0.2) is 0 Å². The molecule has 0 unspecified atom stereocenters. The first-order valence-corrected chi connectivity index (χ1v) is 16.7. The molecule has 1 aliphatic carbocycles. The Morgan fingerprint density at radius 2 is 1.72 bits per heavy atom. The lowest BCUT2D eigenvalue weighted by Crippen LogP contribution is -2.55. The number of carbonyl (C=O) groups is 1. The molecule has 3 fully saturated rings. The summed E-state index contributed by atoms with van der Waals surface area (Å²) in [6, 6.07) is 20.1. The molecule has 3 aliphatic rings. The molecule has 2 aliphatic heterocycles. The van der Waals surface area contributed by atoms with Crippen molar-refractivity contribution in [3.8, 4) is 0 Å². The van der Waals surface area contributed by atoms with E-state index < -0.39 is 0 Å². The van der Waals surface area contributed by atoms with Crippen molar-refractivity contribution in [1.82, 2.24) is 19.7 Å². The second-order valence-corrected chi connectivity index (χ2v) is 13.2. The summed E-state index contributed by atoms with van der Waals surface area (Å²) in [6.07, 6.45) is 8.58. The van der Waals surface area contributed by atoms with Gasteiger partial charge in [0, 0.05) is 62.0 Å². The van der Waals surface area contributed by atoms with E-state index in [-0.39, 0.29) is 23.4 Å². The summed E-state index contributed by atoms with van der Waals surface area (Å²) in [5.41, 5.74) is 3.89. The number of hydrogen-bond acceptors (Lipinski definition) is 6. The van der Waals surface area contributed by atoms with Crippen LogP contribution in [0.4, 0.5) is 5.69 Å². The molecule has 3 aromatic rings. The molecule has 0 amide bonds. The van der Waals surface area contributed by atoms with E-state index in [1.165, 1.54) is 23.4 Å². The zero-order chi connectivity index (χ0) is 29.8. The van der Waals surface area contributed by atoms with Crippen LogP contribution < -0.4 is 4.90 Å². The van der Waals surface area contributed by atoms with E-state index in [4.69, 9.17) is 4.74 Å². The lowest BCUT2D eigenvalue weighted by atomic mass is 9.58. The number of piperidine rings is 1. The summed E-state index contributed by atoms with van der Waals surface area (Å²) in [5.74, 6) is 2.43. The van der Waals surface area contributed by atoms with Crippen LogP contribution in [0.5, 0.6) is 0 Å². The highest BCUT2D eigenvalue weighted by molar-refractivity contribution is 5.69. The molecule has 1 aromatic heterocycles. The topological polar surface area (TPSA) is 63.5 Å². The first kappa shape index (κ1) is 29.9. The van der Waals surface area contributed by atoms with Crippen molar-refractivity contribution in [3.05, 3.63) is 77.9 Å². The van der Waals surface area contributed by atoms with Crippen molar-refractivity contribution in [3.63, 3.8) is 0 Å². The maximum absolute atomic E-state index is 12.6. The molecule has 230 valence electrons. The van der Waals surface area contributed by atoms with E-state index >= 15 is 0 Å². The standard InChI is InChI=1S/C36H49N5O2/c1-4-34-38-37-26-41(34)25-36(29-10-7-6-8-11-29,32-12-9-13-33(32)43-35(42)5-2)30-18-20-39(21-19-30)22-28-23-40(24-28)31-16-14-27(3)15-17-31/h6-8,10-11,14-17,26,28,30,32-33H,4-5,9,12-13,18-25H2,1-3H3/t32-,33-,36+/m0/s1. The first-order chi connectivity index (χ1) is 21.0. The molecule has 7 heteroatoms. The Morgan fingerprint density at radius 3 is 2.42 bits per heavy atom. The number of ether oxygens (including phenoxy) is 1. The number of nitrogens with zero attached hydrogens (tertiary/aromatic N) is 5. The van der Waals surface area contributed by atoms with Gasteiger partial charge >= 0.3 is 5.97 Å². The maximum atomic E-state index is 12.6. The molecule has 1 saturated carbocycles. The highest BCUT2D eigenvalue weighted by Gasteiger charge is 2.53. The minimum Gasteiger partial charge on any atom is -0.462 e. The van der Waals surface area contributed by atoms with Crippen LogP contribution in [0.25, 0.3) is 0 Å². The Morgan fingerprint density at radius 1 is 0.977 bits per heavy atom. The molecular weight excluding hydrogens is 534 g/mol. The molecule has 2 saturated heterocycles. The highest BCUT2D eigenvalue weighted by Crippen LogP contribution is 2.52. The number of rotatable bonds is 11. The minimum atomic E-state index is -0.159. The molecule has 3 atom stereocenters. The Kier molecular flexibility index (Phi) is 9.17. The minimum absolute atomic E-state index is 0.0463.